The molecule has 2 rings (SSSR count). The number of benzene rings is 1. The van der Waals surface area contributed by atoms with Crippen molar-refractivity contribution in [1.82, 2.24) is 9.97 Å². The van der Waals surface area contributed by atoms with Gasteiger partial charge in [0.1, 0.15) is 11.5 Å². The maximum Gasteiger partial charge on any atom is 0.266 e. The van der Waals surface area contributed by atoms with E-state index in [1.807, 2.05) is 30.3 Å². The second-order valence-corrected chi connectivity index (χ2v) is 3.01. The van der Waals surface area contributed by atoms with Crippen LogP contribution in [-0.2, 0) is 0 Å². The summed E-state index contributed by atoms with van der Waals surface area (Å²) in [4.78, 5) is 20.4. The molecule has 1 heterocycles. The summed E-state index contributed by atoms with van der Waals surface area (Å²) < 4.78 is 0. The number of amides is 1. The minimum atomic E-state index is -0.669. The van der Waals surface area contributed by atoms with E-state index in [-0.39, 0.29) is 5.69 Å². The van der Waals surface area contributed by atoms with Crippen molar-refractivity contribution in [3.8, 4) is 11.4 Å². The lowest BCUT2D eigenvalue weighted by molar-refractivity contribution is 0.0996. The maximum atomic E-state index is 11.2. The minimum absolute atomic E-state index is 0.177. The molecule has 0 aliphatic heterocycles. The van der Waals surface area contributed by atoms with Gasteiger partial charge in [-0.15, -0.1) is 0 Å². The lowest BCUT2D eigenvalue weighted by Gasteiger charge is -1.94. The van der Waals surface area contributed by atoms with Crippen molar-refractivity contribution in [3.05, 3.63) is 52.7 Å². The van der Waals surface area contributed by atoms with Crippen LogP contribution in [0.1, 0.15) is 10.5 Å². The molecule has 2 aromatic rings. The number of aromatic amines is 1. The molecule has 1 aromatic heterocycles. The highest BCUT2D eigenvalue weighted by molar-refractivity contribution is 5.93. The molecule has 0 fully saturated rings. The van der Waals surface area contributed by atoms with Crippen molar-refractivity contribution in [2.24, 2.45) is 5.11 Å². The Balaban J connectivity index is 2.33. The van der Waals surface area contributed by atoms with Gasteiger partial charge in [0.25, 0.3) is 5.91 Å². The number of carbonyl (C=O) groups excluding carboxylic acids is 1. The number of rotatable bonds is 2. The van der Waals surface area contributed by atoms with E-state index in [4.69, 9.17) is 5.53 Å². The van der Waals surface area contributed by atoms with Crippen LogP contribution in [0.4, 0.5) is 0 Å². The highest BCUT2D eigenvalue weighted by atomic mass is 16.1. The summed E-state index contributed by atoms with van der Waals surface area (Å²) in [7, 11) is 0. The minimum Gasteiger partial charge on any atom is -0.335 e. The first-order chi connectivity index (χ1) is 7.81. The third-order valence-corrected chi connectivity index (χ3v) is 1.99. The summed E-state index contributed by atoms with van der Waals surface area (Å²) in [5.41, 5.74) is 9.17. The molecule has 0 unspecified atom stereocenters. The van der Waals surface area contributed by atoms with E-state index in [1.54, 1.807) is 0 Å². The van der Waals surface area contributed by atoms with Gasteiger partial charge in [-0.25, -0.2) is 4.98 Å². The van der Waals surface area contributed by atoms with Crippen molar-refractivity contribution in [3.63, 3.8) is 0 Å². The normalized spacial score (nSPS) is 9.50. The molecule has 0 saturated heterocycles. The second kappa shape index (κ2) is 4.29. The maximum absolute atomic E-state index is 11.2. The summed E-state index contributed by atoms with van der Waals surface area (Å²) in [6.07, 6.45) is 1.35. The van der Waals surface area contributed by atoms with Crippen molar-refractivity contribution in [2.75, 3.05) is 0 Å². The van der Waals surface area contributed by atoms with Gasteiger partial charge in [-0.2, -0.15) is 0 Å². The molecule has 1 aromatic carbocycles. The topological polar surface area (TPSA) is 94.5 Å². The predicted molar refractivity (Wildman–Crippen MR) is 57.5 cm³/mol. The standard InChI is InChI=1S/C10H7N5O/c11-15-14-10(16)8-6-12-9(13-8)7-4-2-1-3-5-7/h1-6H,(H,12,13). The number of hydrogen-bond donors (Lipinski definition) is 1. The van der Waals surface area contributed by atoms with Crippen LogP contribution in [0.3, 0.4) is 0 Å². The Labute approximate surface area is 90.6 Å². The molecule has 0 aliphatic rings. The second-order valence-electron chi connectivity index (χ2n) is 3.01. The Morgan fingerprint density at radius 2 is 2.12 bits per heavy atom. The number of hydrogen-bond acceptors (Lipinski definition) is 2. The van der Waals surface area contributed by atoms with Crippen LogP contribution >= 0.6 is 0 Å². The van der Waals surface area contributed by atoms with E-state index in [2.05, 4.69) is 20.0 Å². The summed E-state index contributed by atoms with van der Waals surface area (Å²) in [6.45, 7) is 0. The van der Waals surface area contributed by atoms with Crippen LogP contribution in [0, 0.1) is 0 Å². The van der Waals surface area contributed by atoms with Gasteiger partial charge < -0.3 is 4.98 Å². The molecule has 78 valence electrons. The fourth-order valence-corrected chi connectivity index (χ4v) is 1.27. The van der Waals surface area contributed by atoms with Crippen LogP contribution in [0.15, 0.2) is 41.6 Å². The molecule has 0 bridgehead atoms. The zero-order valence-corrected chi connectivity index (χ0v) is 8.16. The Kier molecular flexibility index (Phi) is 2.67. The molecule has 1 amide bonds. The zero-order chi connectivity index (χ0) is 11.4. The highest BCUT2D eigenvalue weighted by Gasteiger charge is 2.08. The lowest BCUT2D eigenvalue weighted by Crippen LogP contribution is -1.92. The molecule has 1 N–H and O–H groups in total. The number of H-pyrrole nitrogens is 1. The number of nitrogens with one attached hydrogen (secondary N) is 1. The molecule has 6 heteroatoms. The number of nitrogens with zero attached hydrogens (tertiary/aromatic N) is 4. The quantitative estimate of drug-likeness (QED) is 0.471. The van der Waals surface area contributed by atoms with E-state index in [0.29, 0.717) is 5.82 Å². The first-order valence-corrected chi connectivity index (χ1v) is 4.51. The van der Waals surface area contributed by atoms with E-state index in [9.17, 15) is 4.79 Å². The molecular formula is C10H7N5O. The van der Waals surface area contributed by atoms with Crippen LogP contribution in [0.5, 0.6) is 0 Å². The highest BCUT2D eigenvalue weighted by Crippen LogP contribution is 2.14. The number of imidazole rings is 1. The molecule has 0 saturated carbocycles. The van der Waals surface area contributed by atoms with Gasteiger partial charge in [-0.1, -0.05) is 30.3 Å². The molecule has 0 aliphatic carbocycles. The molecule has 6 nitrogen and oxygen atoms in total. The zero-order valence-electron chi connectivity index (χ0n) is 8.16. The fourth-order valence-electron chi connectivity index (χ4n) is 1.27. The largest absolute Gasteiger partial charge is 0.335 e. The van der Waals surface area contributed by atoms with Crippen molar-refractivity contribution in [2.45, 2.75) is 0 Å². The summed E-state index contributed by atoms with van der Waals surface area (Å²) in [5, 5.41) is 2.97. The summed E-state index contributed by atoms with van der Waals surface area (Å²) in [5.74, 6) is -0.103. The van der Waals surface area contributed by atoms with Crippen LogP contribution in [0.25, 0.3) is 21.8 Å². The van der Waals surface area contributed by atoms with Gasteiger partial charge in [0, 0.05) is 10.5 Å². The molecule has 0 atom stereocenters. The predicted octanol–water partition coefficient (Wildman–Crippen LogP) is 2.53. The van der Waals surface area contributed by atoms with Gasteiger partial charge in [0.05, 0.1) is 6.20 Å². The molecule has 0 spiro atoms. The first-order valence-electron chi connectivity index (χ1n) is 4.51. The molecular weight excluding hydrogens is 206 g/mol. The number of carbonyl (C=O) groups is 1. The van der Waals surface area contributed by atoms with Gasteiger partial charge in [-0.3, -0.25) is 4.79 Å². The first kappa shape index (κ1) is 9.95. The SMILES string of the molecule is [N-]=[N+]=NC(=O)c1cnc(-c2ccccc2)[nH]1. The lowest BCUT2D eigenvalue weighted by atomic mass is 10.2. The Hall–Kier alpha value is -2.59. The summed E-state index contributed by atoms with van der Waals surface area (Å²) in [6, 6.07) is 9.35. The Bertz CT molecular complexity index is 554. The smallest absolute Gasteiger partial charge is 0.266 e. The number of azide groups is 1. The van der Waals surface area contributed by atoms with Gasteiger partial charge >= 0.3 is 0 Å². The van der Waals surface area contributed by atoms with E-state index >= 15 is 0 Å². The average Bonchev–Trinajstić information content (AvgIpc) is 2.80. The average molecular weight is 213 g/mol. The van der Waals surface area contributed by atoms with E-state index < -0.39 is 5.91 Å². The van der Waals surface area contributed by atoms with Gasteiger partial charge in [-0.05, 0) is 10.6 Å². The van der Waals surface area contributed by atoms with Crippen molar-refractivity contribution < 1.29 is 4.79 Å². The Morgan fingerprint density at radius 1 is 1.38 bits per heavy atom. The number of aromatic nitrogens is 2. The third-order valence-electron chi connectivity index (χ3n) is 1.99. The monoisotopic (exact) mass is 213 g/mol. The van der Waals surface area contributed by atoms with Gasteiger partial charge in [0.15, 0.2) is 0 Å². The fraction of sp³-hybridized carbons (Fsp3) is 0. The van der Waals surface area contributed by atoms with Gasteiger partial charge in [0.2, 0.25) is 0 Å². The van der Waals surface area contributed by atoms with Crippen LogP contribution < -0.4 is 0 Å². The van der Waals surface area contributed by atoms with E-state index in [0.717, 1.165) is 5.56 Å². The van der Waals surface area contributed by atoms with Crippen molar-refractivity contribution in [1.29, 1.82) is 0 Å². The van der Waals surface area contributed by atoms with Crippen molar-refractivity contribution >= 4 is 5.91 Å². The molecule has 16 heavy (non-hydrogen) atoms. The molecule has 0 radical (unpaired) electrons. The Morgan fingerprint density at radius 3 is 2.81 bits per heavy atom. The van der Waals surface area contributed by atoms with Crippen LogP contribution in [0.2, 0.25) is 0 Å². The van der Waals surface area contributed by atoms with E-state index in [1.165, 1.54) is 6.20 Å². The third kappa shape index (κ3) is 1.92. The van der Waals surface area contributed by atoms with Crippen LogP contribution in [-0.4, -0.2) is 15.9 Å². The summed E-state index contributed by atoms with van der Waals surface area (Å²) >= 11 is 0.